The van der Waals surface area contributed by atoms with Gasteiger partial charge in [-0.1, -0.05) is 28.1 Å². The van der Waals surface area contributed by atoms with E-state index in [4.69, 9.17) is 0 Å². The highest BCUT2D eigenvalue weighted by molar-refractivity contribution is 9.08. The first-order valence-electron chi connectivity index (χ1n) is 5.84. The molecule has 0 unspecified atom stereocenters. The molecule has 0 saturated carbocycles. The lowest BCUT2D eigenvalue weighted by atomic mass is 10.2. The van der Waals surface area contributed by atoms with Crippen LogP contribution >= 0.6 is 15.9 Å². The average molecular weight is 358 g/mol. The summed E-state index contributed by atoms with van der Waals surface area (Å²) in [4.78, 5) is 0.0611. The Kier molecular flexibility index (Phi) is 4.45. The zero-order valence-electron chi connectivity index (χ0n) is 10.8. The molecule has 106 valence electrons. The molecule has 0 N–H and O–H groups in total. The summed E-state index contributed by atoms with van der Waals surface area (Å²) in [5.41, 5.74) is 1.61. The fraction of sp³-hybridized carbons (Fsp3) is 0.143. The number of sulfonamides is 1. The van der Waals surface area contributed by atoms with Crippen LogP contribution in [0.15, 0.2) is 53.4 Å². The number of hydrogen-bond donors (Lipinski definition) is 0. The van der Waals surface area contributed by atoms with Crippen molar-refractivity contribution in [2.45, 2.75) is 10.2 Å². The topological polar surface area (TPSA) is 37.4 Å². The summed E-state index contributed by atoms with van der Waals surface area (Å²) in [6, 6.07) is 11.9. The Labute approximate surface area is 126 Å². The van der Waals surface area contributed by atoms with Crippen LogP contribution in [0.4, 0.5) is 10.1 Å². The highest BCUT2D eigenvalue weighted by atomic mass is 79.9. The number of halogens is 2. The smallest absolute Gasteiger partial charge is 0.264 e. The second-order valence-electron chi connectivity index (χ2n) is 4.23. The lowest BCUT2D eigenvalue weighted by Gasteiger charge is -2.19. The summed E-state index contributed by atoms with van der Waals surface area (Å²) in [5.74, 6) is -0.465. The molecule has 0 aromatic heterocycles. The van der Waals surface area contributed by atoms with Crippen molar-refractivity contribution in [3.63, 3.8) is 0 Å². The fourth-order valence-electron chi connectivity index (χ4n) is 1.70. The Bertz CT molecular complexity index is 684. The number of hydrogen-bond acceptors (Lipinski definition) is 2. The molecule has 0 radical (unpaired) electrons. The molecule has 0 saturated heterocycles. The maximum Gasteiger partial charge on any atom is 0.264 e. The Balaban J connectivity index is 2.35. The van der Waals surface area contributed by atoms with Crippen molar-refractivity contribution < 1.29 is 12.8 Å². The molecular formula is C14H13BrFNO2S. The Morgan fingerprint density at radius 2 is 1.60 bits per heavy atom. The Morgan fingerprint density at radius 3 is 2.10 bits per heavy atom. The van der Waals surface area contributed by atoms with Gasteiger partial charge in [-0.3, -0.25) is 4.31 Å². The standard InChI is InChI=1S/C14H13BrFNO2S/c1-17(13-6-2-11(10-15)3-7-13)20(18,19)14-8-4-12(16)5-9-14/h2-9H,10H2,1H3. The van der Waals surface area contributed by atoms with E-state index in [-0.39, 0.29) is 4.90 Å². The molecule has 0 aliphatic heterocycles. The normalized spacial score (nSPS) is 11.3. The highest BCUT2D eigenvalue weighted by Gasteiger charge is 2.21. The van der Waals surface area contributed by atoms with E-state index in [1.165, 1.54) is 23.5 Å². The first-order chi connectivity index (χ1) is 9.45. The maximum atomic E-state index is 12.9. The quantitative estimate of drug-likeness (QED) is 0.784. The molecule has 0 bridgehead atoms. The van der Waals surface area contributed by atoms with Crippen molar-refractivity contribution in [2.24, 2.45) is 0 Å². The number of anilines is 1. The maximum absolute atomic E-state index is 12.9. The van der Waals surface area contributed by atoms with Gasteiger partial charge in [0.25, 0.3) is 10.0 Å². The van der Waals surface area contributed by atoms with Gasteiger partial charge in [0.2, 0.25) is 0 Å². The summed E-state index contributed by atoms with van der Waals surface area (Å²) in [7, 11) is -2.20. The lowest BCUT2D eigenvalue weighted by molar-refractivity contribution is 0.593. The van der Waals surface area contributed by atoms with E-state index in [9.17, 15) is 12.8 Å². The minimum Gasteiger partial charge on any atom is -0.269 e. The highest BCUT2D eigenvalue weighted by Crippen LogP contribution is 2.23. The van der Waals surface area contributed by atoms with E-state index in [2.05, 4.69) is 15.9 Å². The second-order valence-corrected chi connectivity index (χ2v) is 6.76. The van der Waals surface area contributed by atoms with Crippen molar-refractivity contribution in [3.05, 3.63) is 59.9 Å². The third kappa shape index (κ3) is 3.02. The van der Waals surface area contributed by atoms with Crippen molar-refractivity contribution in [1.82, 2.24) is 0 Å². The van der Waals surface area contributed by atoms with Crippen LogP contribution in [0.25, 0.3) is 0 Å². The average Bonchev–Trinajstić information content (AvgIpc) is 2.47. The molecule has 2 rings (SSSR count). The predicted octanol–water partition coefficient (Wildman–Crippen LogP) is 3.55. The molecule has 0 fully saturated rings. The summed E-state index contributed by atoms with van der Waals surface area (Å²) in [6.45, 7) is 0. The molecule has 2 aromatic rings. The van der Waals surface area contributed by atoms with Crippen molar-refractivity contribution in [2.75, 3.05) is 11.4 Å². The van der Waals surface area contributed by atoms with Gasteiger partial charge in [0.05, 0.1) is 10.6 Å². The minimum absolute atomic E-state index is 0.0611. The van der Waals surface area contributed by atoms with E-state index < -0.39 is 15.8 Å². The van der Waals surface area contributed by atoms with Crippen molar-refractivity contribution in [1.29, 1.82) is 0 Å². The summed E-state index contributed by atoms with van der Waals surface area (Å²) in [5, 5.41) is 0.710. The summed E-state index contributed by atoms with van der Waals surface area (Å²) < 4.78 is 38.8. The second kappa shape index (κ2) is 5.93. The van der Waals surface area contributed by atoms with Crippen LogP contribution in [0, 0.1) is 5.82 Å². The van der Waals surface area contributed by atoms with Gasteiger partial charge in [-0.2, -0.15) is 0 Å². The van der Waals surface area contributed by atoms with Gasteiger partial charge in [0.15, 0.2) is 0 Å². The first kappa shape index (κ1) is 15.0. The van der Waals surface area contributed by atoms with Gasteiger partial charge in [0, 0.05) is 12.4 Å². The van der Waals surface area contributed by atoms with Gasteiger partial charge in [0.1, 0.15) is 5.82 Å². The Hall–Kier alpha value is -1.40. The van der Waals surface area contributed by atoms with Crippen LogP contribution in [-0.2, 0) is 15.4 Å². The molecule has 20 heavy (non-hydrogen) atoms. The zero-order chi connectivity index (χ0) is 14.8. The number of benzene rings is 2. The third-order valence-electron chi connectivity index (χ3n) is 2.93. The molecule has 0 atom stereocenters. The molecule has 0 heterocycles. The van der Waals surface area contributed by atoms with Crippen LogP contribution in [0.5, 0.6) is 0 Å². The molecule has 0 aliphatic carbocycles. The monoisotopic (exact) mass is 357 g/mol. The number of alkyl halides is 1. The van der Waals surface area contributed by atoms with Gasteiger partial charge in [-0.15, -0.1) is 0 Å². The molecule has 0 aliphatic rings. The largest absolute Gasteiger partial charge is 0.269 e. The first-order valence-corrected chi connectivity index (χ1v) is 8.40. The van der Waals surface area contributed by atoms with Crippen LogP contribution in [0.3, 0.4) is 0 Å². The number of nitrogens with zero attached hydrogens (tertiary/aromatic N) is 1. The fourth-order valence-corrected chi connectivity index (χ4v) is 3.27. The van der Waals surface area contributed by atoms with Crippen molar-refractivity contribution in [3.8, 4) is 0 Å². The van der Waals surface area contributed by atoms with E-state index in [1.807, 2.05) is 12.1 Å². The zero-order valence-corrected chi connectivity index (χ0v) is 13.2. The molecule has 0 spiro atoms. The molecular weight excluding hydrogens is 345 g/mol. The lowest BCUT2D eigenvalue weighted by Crippen LogP contribution is -2.26. The van der Waals surface area contributed by atoms with E-state index in [1.54, 1.807) is 12.1 Å². The van der Waals surface area contributed by atoms with E-state index in [0.29, 0.717) is 11.0 Å². The van der Waals surface area contributed by atoms with Crippen LogP contribution in [0.2, 0.25) is 0 Å². The van der Waals surface area contributed by atoms with Gasteiger partial charge < -0.3 is 0 Å². The van der Waals surface area contributed by atoms with Crippen LogP contribution < -0.4 is 4.31 Å². The number of rotatable bonds is 4. The third-order valence-corrected chi connectivity index (χ3v) is 5.37. The van der Waals surface area contributed by atoms with E-state index in [0.717, 1.165) is 17.7 Å². The van der Waals surface area contributed by atoms with Gasteiger partial charge in [-0.25, -0.2) is 12.8 Å². The van der Waals surface area contributed by atoms with Gasteiger partial charge in [-0.05, 0) is 42.0 Å². The molecule has 3 nitrogen and oxygen atoms in total. The van der Waals surface area contributed by atoms with Crippen molar-refractivity contribution >= 4 is 31.6 Å². The van der Waals surface area contributed by atoms with Crippen LogP contribution in [-0.4, -0.2) is 15.5 Å². The minimum atomic E-state index is -3.67. The SMILES string of the molecule is CN(c1ccc(CBr)cc1)S(=O)(=O)c1ccc(F)cc1. The molecule has 6 heteroatoms. The van der Waals surface area contributed by atoms with E-state index >= 15 is 0 Å². The van der Waals surface area contributed by atoms with Crippen LogP contribution in [0.1, 0.15) is 5.56 Å². The summed E-state index contributed by atoms with van der Waals surface area (Å²) >= 11 is 3.33. The Morgan fingerprint density at radius 1 is 1.05 bits per heavy atom. The predicted molar refractivity (Wildman–Crippen MR) is 81.1 cm³/mol. The molecule has 2 aromatic carbocycles. The summed E-state index contributed by atoms with van der Waals surface area (Å²) in [6.07, 6.45) is 0. The van der Waals surface area contributed by atoms with Gasteiger partial charge >= 0.3 is 0 Å². The molecule has 0 amide bonds.